The number of nitrogens with two attached hydrogens (primary N) is 1. The van der Waals surface area contributed by atoms with Gasteiger partial charge in [-0.2, -0.15) is 13.2 Å². The molecular weight excluding hydrogens is 318 g/mol. The highest BCUT2D eigenvalue weighted by molar-refractivity contribution is 6.31. The fourth-order valence-corrected chi connectivity index (χ4v) is 1.73. The van der Waals surface area contributed by atoms with Gasteiger partial charge in [0.15, 0.2) is 0 Å². The first-order valence-corrected chi connectivity index (χ1v) is 5.91. The molecule has 0 heterocycles. The summed E-state index contributed by atoms with van der Waals surface area (Å²) in [6.07, 6.45) is -4.75. The predicted octanol–water partition coefficient (Wildman–Crippen LogP) is 3.73. The molecule has 0 saturated carbocycles. The second-order valence-electron chi connectivity index (χ2n) is 3.85. The zero-order chi connectivity index (χ0) is 14.6. The lowest BCUT2D eigenvalue weighted by Crippen LogP contribution is -2.18. The lowest BCUT2D eigenvalue weighted by molar-refractivity contribution is -0.143. The smallest absolute Gasteiger partial charge is 0.417 e. The number of halogens is 5. The number of ether oxygens (including phenoxy) is 1. The van der Waals surface area contributed by atoms with E-state index in [1.54, 1.807) is 6.92 Å². The lowest BCUT2D eigenvalue weighted by Gasteiger charge is -2.15. The fourth-order valence-electron chi connectivity index (χ4n) is 1.51. The van der Waals surface area contributed by atoms with Crippen LogP contribution in [0.1, 0.15) is 30.5 Å². The maximum Gasteiger partial charge on any atom is 0.417 e. The van der Waals surface area contributed by atoms with E-state index in [2.05, 4.69) is 4.74 Å². The van der Waals surface area contributed by atoms with Crippen LogP contribution in [0.25, 0.3) is 0 Å². The van der Waals surface area contributed by atoms with E-state index in [4.69, 9.17) is 17.3 Å². The number of hydrogen-bond acceptors (Lipinski definition) is 3. The maximum absolute atomic E-state index is 12.7. The highest BCUT2D eigenvalue weighted by Crippen LogP contribution is 2.36. The Morgan fingerprint density at radius 1 is 1.45 bits per heavy atom. The first-order chi connectivity index (χ1) is 8.75. The summed E-state index contributed by atoms with van der Waals surface area (Å²) in [6.45, 7) is 1.83. The molecule has 1 rings (SSSR count). The van der Waals surface area contributed by atoms with Crippen LogP contribution in [-0.4, -0.2) is 12.6 Å². The number of carbonyl (C=O) groups is 1. The Hall–Kier alpha value is -0.980. The van der Waals surface area contributed by atoms with Crippen LogP contribution in [0.4, 0.5) is 13.2 Å². The minimum atomic E-state index is -4.56. The van der Waals surface area contributed by atoms with Crippen molar-refractivity contribution in [1.29, 1.82) is 0 Å². The topological polar surface area (TPSA) is 52.3 Å². The Balaban J connectivity index is 0.00000361. The summed E-state index contributed by atoms with van der Waals surface area (Å²) in [5.41, 5.74) is 4.90. The van der Waals surface area contributed by atoms with Crippen LogP contribution in [0.15, 0.2) is 18.2 Å². The van der Waals surface area contributed by atoms with E-state index >= 15 is 0 Å². The Bertz CT molecular complexity index is 467. The third kappa shape index (κ3) is 5.19. The van der Waals surface area contributed by atoms with Gasteiger partial charge in [-0.1, -0.05) is 17.7 Å². The summed E-state index contributed by atoms with van der Waals surface area (Å²) in [5, 5.41) is -0.403. The Morgan fingerprint density at radius 2 is 2.05 bits per heavy atom. The van der Waals surface area contributed by atoms with E-state index in [0.29, 0.717) is 0 Å². The van der Waals surface area contributed by atoms with Gasteiger partial charge in [0.05, 0.1) is 23.6 Å². The molecule has 20 heavy (non-hydrogen) atoms. The molecule has 1 aromatic carbocycles. The number of esters is 1. The molecule has 3 nitrogen and oxygen atoms in total. The fraction of sp³-hybridized carbons (Fsp3) is 0.417. The first-order valence-electron chi connectivity index (χ1n) is 5.53. The van der Waals surface area contributed by atoms with Gasteiger partial charge in [-0.15, -0.1) is 12.4 Å². The van der Waals surface area contributed by atoms with Crippen molar-refractivity contribution < 1.29 is 22.7 Å². The first kappa shape index (κ1) is 19.0. The van der Waals surface area contributed by atoms with E-state index in [0.717, 1.165) is 12.1 Å². The van der Waals surface area contributed by atoms with Gasteiger partial charge >= 0.3 is 12.1 Å². The third-order valence-electron chi connectivity index (χ3n) is 2.42. The number of rotatable bonds is 4. The van der Waals surface area contributed by atoms with Gasteiger partial charge in [0.25, 0.3) is 0 Å². The van der Waals surface area contributed by atoms with Crippen molar-refractivity contribution >= 4 is 30.0 Å². The molecule has 0 radical (unpaired) electrons. The van der Waals surface area contributed by atoms with Gasteiger partial charge < -0.3 is 10.5 Å². The van der Waals surface area contributed by atoms with Crippen molar-refractivity contribution in [2.45, 2.75) is 25.6 Å². The van der Waals surface area contributed by atoms with Crippen LogP contribution in [0.3, 0.4) is 0 Å². The molecule has 114 valence electrons. The van der Waals surface area contributed by atoms with Crippen LogP contribution < -0.4 is 5.73 Å². The third-order valence-corrected chi connectivity index (χ3v) is 2.75. The lowest BCUT2D eigenvalue weighted by atomic mass is 10.0. The maximum atomic E-state index is 12.7. The van der Waals surface area contributed by atoms with Gasteiger partial charge in [0, 0.05) is 6.04 Å². The highest BCUT2D eigenvalue weighted by atomic mass is 35.5. The Kier molecular flexibility index (Phi) is 7.33. The van der Waals surface area contributed by atoms with Crippen LogP contribution in [0.5, 0.6) is 0 Å². The van der Waals surface area contributed by atoms with E-state index < -0.39 is 28.8 Å². The molecule has 0 aliphatic rings. The van der Waals surface area contributed by atoms with Gasteiger partial charge in [-0.25, -0.2) is 0 Å². The van der Waals surface area contributed by atoms with Gasteiger partial charge in [0.2, 0.25) is 0 Å². The average molecular weight is 332 g/mol. The molecule has 0 saturated heterocycles. The number of carbonyl (C=O) groups excluding carboxylic acids is 1. The minimum Gasteiger partial charge on any atom is -0.466 e. The Morgan fingerprint density at radius 3 is 2.55 bits per heavy atom. The van der Waals surface area contributed by atoms with Crippen LogP contribution in [0.2, 0.25) is 5.02 Å². The van der Waals surface area contributed by atoms with Crippen molar-refractivity contribution in [3.05, 3.63) is 34.3 Å². The summed E-state index contributed by atoms with van der Waals surface area (Å²) in [7, 11) is 0. The second kappa shape index (κ2) is 7.71. The predicted molar refractivity (Wildman–Crippen MR) is 71.9 cm³/mol. The Labute approximate surface area is 125 Å². The monoisotopic (exact) mass is 331 g/mol. The van der Waals surface area contributed by atoms with Crippen LogP contribution in [0, 0.1) is 0 Å². The zero-order valence-corrected chi connectivity index (χ0v) is 12.1. The van der Waals surface area contributed by atoms with Crippen molar-refractivity contribution in [1.82, 2.24) is 0 Å². The van der Waals surface area contributed by atoms with Gasteiger partial charge in [0.1, 0.15) is 0 Å². The van der Waals surface area contributed by atoms with E-state index in [1.807, 2.05) is 0 Å². The summed E-state index contributed by atoms with van der Waals surface area (Å²) >= 11 is 5.49. The largest absolute Gasteiger partial charge is 0.466 e. The number of benzene rings is 1. The van der Waals surface area contributed by atoms with E-state index in [1.165, 1.54) is 6.07 Å². The van der Waals surface area contributed by atoms with Crippen molar-refractivity contribution in [2.24, 2.45) is 5.73 Å². The molecule has 0 aromatic heterocycles. The zero-order valence-electron chi connectivity index (χ0n) is 10.5. The summed E-state index contributed by atoms with van der Waals surface area (Å²) < 4.78 is 42.7. The van der Waals surface area contributed by atoms with E-state index in [-0.39, 0.29) is 31.0 Å². The molecule has 1 aromatic rings. The molecule has 0 amide bonds. The average Bonchev–Trinajstić information content (AvgIpc) is 2.27. The van der Waals surface area contributed by atoms with Crippen LogP contribution in [-0.2, 0) is 15.7 Å². The molecule has 1 atom stereocenters. The number of alkyl halides is 3. The second-order valence-corrected chi connectivity index (χ2v) is 4.26. The summed E-state index contributed by atoms with van der Waals surface area (Å²) in [4.78, 5) is 11.2. The summed E-state index contributed by atoms with van der Waals surface area (Å²) in [5.74, 6) is -0.557. The number of hydrogen-bond donors (Lipinski definition) is 1. The van der Waals surface area contributed by atoms with Gasteiger partial charge in [-0.05, 0) is 24.6 Å². The van der Waals surface area contributed by atoms with Crippen molar-refractivity contribution in [3.8, 4) is 0 Å². The minimum absolute atomic E-state index is 0. The standard InChI is InChI=1S/C12H13ClF3NO2.ClH/c1-2-19-11(18)6-10(17)7-3-4-9(13)8(5-7)12(14,15)16;/h3-5,10H,2,6,17H2,1H3;1H/t10-;/m1./s1. The molecule has 8 heteroatoms. The summed E-state index contributed by atoms with van der Waals surface area (Å²) in [6, 6.07) is 2.47. The molecule has 0 unspecified atom stereocenters. The molecule has 0 fully saturated rings. The molecule has 0 spiro atoms. The normalized spacial score (nSPS) is 12.5. The van der Waals surface area contributed by atoms with Gasteiger partial charge in [-0.3, -0.25) is 4.79 Å². The van der Waals surface area contributed by atoms with Crippen molar-refractivity contribution in [2.75, 3.05) is 6.61 Å². The molecule has 2 N–H and O–H groups in total. The molecule has 0 aliphatic carbocycles. The molecule has 0 bridgehead atoms. The molecular formula is C12H14Cl2F3NO2. The van der Waals surface area contributed by atoms with Crippen molar-refractivity contribution in [3.63, 3.8) is 0 Å². The quantitative estimate of drug-likeness (QED) is 0.855. The highest BCUT2D eigenvalue weighted by Gasteiger charge is 2.33. The molecule has 0 aliphatic heterocycles. The SMILES string of the molecule is CCOC(=O)C[C@@H](N)c1ccc(Cl)c(C(F)(F)F)c1.Cl. The van der Waals surface area contributed by atoms with E-state index in [9.17, 15) is 18.0 Å². The van der Waals surface area contributed by atoms with Crippen LogP contribution >= 0.6 is 24.0 Å².